The number of hydrogen-bond acceptors (Lipinski definition) is 2. The van der Waals surface area contributed by atoms with E-state index < -0.39 is 5.97 Å². The fourth-order valence-electron chi connectivity index (χ4n) is 0.993. The summed E-state index contributed by atoms with van der Waals surface area (Å²) in [6, 6.07) is 5.39. The first-order valence-electron chi connectivity index (χ1n) is 3.66. The summed E-state index contributed by atoms with van der Waals surface area (Å²) in [6.45, 7) is 0. The van der Waals surface area contributed by atoms with Gasteiger partial charge in [-0.2, -0.15) is 11.8 Å². The minimum atomic E-state index is -0.894. The highest BCUT2D eigenvalue weighted by Crippen LogP contribution is 2.20. The standard InChI is InChI=1S/C9H9BrO2S/c1-13-5-6-2-3-8(10)7(4-6)9(11)12/h2-4H,5H2,1H3,(H,11,12). The van der Waals surface area contributed by atoms with Gasteiger partial charge in [0.25, 0.3) is 0 Å². The zero-order chi connectivity index (χ0) is 9.84. The molecule has 1 N–H and O–H groups in total. The van der Waals surface area contributed by atoms with E-state index in [1.807, 2.05) is 12.3 Å². The monoisotopic (exact) mass is 260 g/mol. The quantitative estimate of drug-likeness (QED) is 0.908. The number of aromatic carboxylic acids is 1. The number of hydrogen-bond donors (Lipinski definition) is 1. The van der Waals surface area contributed by atoms with Gasteiger partial charge < -0.3 is 5.11 Å². The van der Waals surface area contributed by atoms with E-state index >= 15 is 0 Å². The Balaban J connectivity index is 3.04. The molecule has 0 heterocycles. The number of carboxylic acid groups (broad SMARTS) is 1. The molecule has 0 aliphatic heterocycles. The highest BCUT2D eigenvalue weighted by atomic mass is 79.9. The molecule has 0 fully saturated rings. The molecule has 1 rings (SSSR count). The minimum Gasteiger partial charge on any atom is -0.478 e. The van der Waals surface area contributed by atoms with Crippen LogP contribution in [0.25, 0.3) is 0 Å². The van der Waals surface area contributed by atoms with Crippen LogP contribution in [0.3, 0.4) is 0 Å². The summed E-state index contributed by atoms with van der Waals surface area (Å²) in [5.41, 5.74) is 1.36. The van der Waals surface area contributed by atoms with Crippen molar-refractivity contribution in [2.24, 2.45) is 0 Å². The van der Waals surface area contributed by atoms with Gasteiger partial charge in [0.15, 0.2) is 0 Å². The summed E-state index contributed by atoms with van der Waals surface area (Å²) in [5.74, 6) is -0.0528. The van der Waals surface area contributed by atoms with E-state index in [4.69, 9.17) is 5.11 Å². The van der Waals surface area contributed by atoms with E-state index in [1.54, 1.807) is 23.9 Å². The largest absolute Gasteiger partial charge is 0.478 e. The van der Waals surface area contributed by atoms with Gasteiger partial charge >= 0.3 is 5.97 Å². The van der Waals surface area contributed by atoms with Crippen molar-refractivity contribution in [1.29, 1.82) is 0 Å². The Morgan fingerprint density at radius 1 is 1.62 bits per heavy atom. The predicted octanol–water partition coefficient (Wildman–Crippen LogP) is 3.01. The number of benzene rings is 1. The number of halogens is 1. The highest BCUT2D eigenvalue weighted by molar-refractivity contribution is 9.10. The van der Waals surface area contributed by atoms with Crippen LogP contribution in [-0.4, -0.2) is 17.3 Å². The lowest BCUT2D eigenvalue weighted by Crippen LogP contribution is -1.98. The number of thioether (sulfide) groups is 1. The maximum Gasteiger partial charge on any atom is 0.336 e. The molecular formula is C9H9BrO2S. The first-order chi connectivity index (χ1) is 6.15. The van der Waals surface area contributed by atoms with Crippen LogP contribution in [0.4, 0.5) is 0 Å². The second-order valence-electron chi connectivity index (χ2n) is 2.55. The average molecular weight is 261 g/mol. The van der Waals surface area contributed by atoms with Crippen molar-refractivity contribution in [3.63, 3.8) is 0 Å². The lowest BCUT2D eigenvalue weighted by molar-refractivity contribution is 0.0696. The Morgan fingerprint density at radius 2 is 2.31 bits per heavy atom. The zero-order valence-corrected chi connectivity index (χ0v) is 9.48. The van der Waals surface area contributed by atoms with Crippen LogP contribution in [0, 0.1) is 0 Å². The Hall–Kier alpha value is -0.480. The highest BCUT2D eigenvalue weighted by Gasteiger charge is 2.08. The van der Waals surface area contributed by atoms with Crippen LogP contribution in [-0.2, 0) is 5.75 Å². The van der Waals surface area contributed by atoms with Crippen molar-refractivity contribution in [2.75, 3.05) is 6.26 Å². The van der Waals surface area contributed by atoms with Crippen molar-refractivity contribution in [3.8, 4) is 0 Å². The molecule has 0 aliphatic carbocycles. The van der Waals surface area contributed by atoms with Crippen LogP contribution >= 0.6 is 27.7 Å². The van der Waals surface area contributed by atoms with Gasteiger partial charge in [-0.3, -0.25) is 0 Å². The molecule has 0 amide bonds. The Labute approximate surface area is 89.5 Å². The lowest BCUT2D eigenvalue weighted by Gasteiger charge is -2.02. The maximum atomic E-state index is 10.7. The van der Waals surface area contributed by atoms with Gasteiger partial charge in [-0.1, -0.05) is 6.07 Å². The molecule has 0 atom stereocenters. The third kappa shape index (κ3) is 2.74. The van der Waals surface area contributed by atoms with Crippen molar-refractivity contribution in [3.05, 3.63) is 33.8 Å². The summed E-state index contributed by atoms with van der Waals surface area (Å²) in [5, 5.41) is 8.82. The second kappa shape index (κ2) is 4.67. The van der Waals surface area contributed by atoms with Crippen LogP contribution in [0.2, 0.25) is 0 Å². The molecule has 70 valence electrons. The summed E-state index contributed by atoms with van der Waals surface area (Å²) >= 11 is 4.87. The topological polar surface area (TPSA) is 37.3 Å². The van der Waals surface area contributed by atoms with Crippen molar-refractivity contribution < 1.29 is 9.90 Å². The normalized spacial score (nSPS) is 10.0. The minimum absolute atomic E-state index is 0.326. The Morgan fingerprint density at radius 3 is 2.85 bits per heavy atom. The third-order valence-corrected chi connectivity index (χ3v) is 2.89. The summed E-state index contributed by atoms with van der Waals surface area (Å²) in [6.07, 6.45) is 1.99. The van der Waals surface area contributed by atoms with Gasteiger partial charge in [-0.25, -0.2) is 4.79 Å². The van der Waals surface area contributed by atoms with Crippen molar-refractivity contribution in [1.82, 2.24) is 0 Å². The fraction of sp³-hybridized carbons (Fsp3) is 0.222. The maximum absolute atomic E-state index is 10.7. The van der Waals surface area contributed by atoms with Crippen LogP contribution < -0.4 is 0 Å². The van der Waals surface area contributed by atoms with Gasteiger partial charge in [-0.15, -0.1) is 0 Å². The van der Waals surface area contributed by atoms with Gasteiger partial charge in [0, 0.05) is 10.2 Å². The molecule has 0 aromatic heterocycles. The summed E-state index contributed by atoms with van der Waals surface area (Å²) < 4.78 is 0.629. The smallest absolute Gasteiger partial charge is 0.336 e. The first kappa shape index (κ1) is 10.6. The SMILES string of the molecule is CSCc1ccc(Br)c(C(=O)O)c1. The van der Waals surface area contributed by atoms with Crippen LogP contribution in [0.1, 0.15) is 15.9 Å². The van der Waals surface area contributed by atoms with Gasteiger partial charge in [-0.05, 0) is 39.9 Å². The fourth-order valence-corrected chi connectivity index (χ4v) is 1.92. The molecule has 1 aromatic carbocycles. The van der Waals surface area contributed by atoms with Gasteiger partial charge in [0.1, 0.15) is 0 Å². The zero-order valence-electron chi connectivity index (χ0n) is 7.08. The Kier molecular flexibility index (Phi) is 3.81. The van der Waals surface area contributed by atoms with Gasteiger partial charge in [0.05, 0.1) is 5.56 Å². The van der Waals surface area contributed by atoms with Crippen molar-refractivity contribution in [2.45, 2.75) is 5.75 Å². The molecule has 0 aliphatic rings. The Bertz CT molecular complexity index is 325. The van der Waals surface area contributed by atoms with E-state index in [-0.39, 0.29) is 0 Å². The van der Waals surface area contributed by atoms with Crippen LogP contribution in [0.5, 0.6) is 0 Å². The average Bonchev–Trinajstić information content (AvgIpc) is 2.08. The molecule has 0 saturated carbocycles. The third-order valence-electron chi connectivity index (χ3n) is 1.57. The second-order valence-corrected chi connectivity index (χ2v) is 4.27. The molecule has 0 bridgehead atoms. The number of carbonyl (C=O) groups is 1. The molecule has 0 spiro atoms. The van der Waals surface area contributed by atoms with Crippen molar-refractivity contribution >= 4 is 33.7 Å². The van der Waals surface area contributed by atoms with Gasteiger partial charge in [0.2, 0.25) is 0 Å². The van der Waals surface area contributed by atoms with Crippen LogP contribution in [0.15, 0.2) is 22.7 Å². The van der Waals surface area contributed by atoms with E-state index in [1.165, 1.54) is 0 Å². The molecule has 0 radical (unpaired) electrons. The predicted molar refractivity (Wildman–Crippen MR) is 58.3 cm³/mol. The molecule has 13 heavy (non-hydrogen) atoms. The molecule has 4 heteroatoms. The molecule has 0 saturated heterocycles. The van der Waals surface area contributed by atoms with E-state index in [0.29, 0.717) is 10.0 Å². The molecule has 2 nitrogen and oxygen atoms in total. The number of rotatable bonds is 3. The van der Waals surface area contributed by atoms with E-state index in [0.717, 1.165) is 11.3 Å². The summed E-state index contributed by atoms with van der Waals surface area (Å²) in [7, 11) is 0. The molecule has 1 aromatic rings. The van der Waals surface area contributed by atoms with E-state index in [2.05, 4.69) is 15.9 Å². The lowest BCUT2D eigenvalue weighted by atomic mass is 10.1. The molecule has 0 unspecified atom stereocenters. The summed E-state index contributed by atoms with van der Waals surface area (Å²) in [4.78, 5) is 10.7. The van der Waals surface area contributed by atoms with E-state index in [9.17, 15) is 4.79 Å². The number of carboxylic acids is 1. The molecular weight excluding hydrogens is 252 g/mol. The first-order valence-corrected chi connectivity index (χ1v) is 5.84.